The maximum Gasteiger partial charge on any atom is 0.163 e. The fraction of sp³-hybridized carbons (Fsp3) is 0.545. The van der Waals surface area contributed by atoms with Crippen molar-refractivity contribution in [3.63, 3.8) is 0 Å². The molecule has 90 valence electrons. The van der Waals surface area contributed by atoms with Gasteiger partial charge in [0.1, 0.15) is 12.1 Å². The van der Waals surface area contributed by atoms with Crippen LogP contribution < -0.4 is 5.73 Å². The van der Waals surface area contributed by atoms with E-state index in [9.17, 15) is 0 Å². The summed E-state index contributed by atoms with van der Waals surface area (Å²) in [6, 6.07) is 0.389. The number of nitrogen functional groups attached to an aromatic ring is 1. The third kappa shape index (κ3) is 1.74. The minimum atomic E-state index is 0.389. The van der Waals surface area contributed by atoms with Crippen LogP contribution >= 0.6 is 0 Å². The van der Waals surface area contributed by atoms with E-state index in [0.717, 1.165) is 30.5 Å². The molecule has 1 aliphatic heterocycles. The molecule has 1 aliphatic rings. The fourth-order valence-corrected chi connectivity index (χ4v) is 2.49. The second kappa shape index (κ2) is 3.96. The average Bonchev–Trinajstić information content (AvgIpc) is 2.74. The van der Waals surface area contributed by atoms with Crippen LogP contribution in [0, 0.1) is 0 Å². The van der Waals surface area contributed by atoms with Gasteiger partial charge in [-0.2, -0.15) is 5.10 Å². The van der Waals surface area contributed by atoms with E-state index in [-0.39, 0.29) is 0 Å². The third-order valence-electron chi connectivity index (χ3n) is 3.37. The molecule has 0 aromatic carbocycles. The first-order valence-corrected chi connectivity index (χ1v) is 5.88. The molecule has 17 heavy (non-hydrogen) atoms. The van der Waals surface area contributed by atoms with Gasteiger partial charge in [0.05, 0.1) is 17.6 Å². The molecule has 2 aromatic heterocycles. The van der Waals surface area contributed by atoms with Crippen LogP contribution in [0.5, 0.6) is 0 Å². The lowest BCUT2D eigenvalue weighted by Crippen LogP contribution is -2.34. The lowest BCUT2D eigenvalue weighted by molar-refractivity contribution is 0.205. The van der Waals surface area contributed by atoms with Crippen LogP contribution in [-0.2, 0) is 0 Å². The maximum atomic E-state index is 5.81. The van der Waals surface area contributed by atoms with Crippen LogP contribution in [-0.4, -0.2) is 44.8 Å². The first-order valence-electron chi connectivity index (χ1n) is 5.88. The molecule has 0 amide bonds. The number of aromatic nitrogens is 4. The van der Waals surface area contributed by atoms with E-state index >= 15 is 0 Å². The molecule has 6 heteroatoms. The summed E-state index contributed by atoms with van der Waals surface area (Å²) in [4.78, 5) is 10.6. The lowest BCUT2D eigenvalue weighted by atomic mass is 10.1. The van der Waals surface area contributed by atoms with E-state index in [0.29, 0.717) is 11.9 Å². The van der Waals surface area contributed by atoms with Gasteiger partial charge < -0.3 is 10.6 Å². The summed E-state index contributed by atoms with van der Waals surface area (Å²) in [6.07, 6.45) is 5.61. The van der Waals surface area contributed by atoms with Gasteiger partial charge in [0.25, 0.3) is 0 Å². The van der Waals surface area contributed by atoms with Gasteiger partial charge in [-0.15, -0.1) is 0 Å². The third-order valence-corrected chi connectivity index (χ3v) is 3.37. The zero-order valence-corrected chi connectivity index (χ0v) is 9.87. The van der Waals surface area contributed by atoms with Crippen molar-refractivity contribution in [2.75, 3.05) is 25.9 Å². The molecule has 3 rings (SSSR count). The first-order chi connectivity index (χ1) is 8.25. The van der Waals surface area contributed by atoms with Crippen LogP contribution in [0.4, 0.5) is 5.82 Å². The monoisotopic (exact) mass is 232 g/mol. The second-order valence-electron chi connectivity index (χ2n) is 4.64. The highest BCUT2D eigenvalue weighted by Gasteiger charge is 2.21. The van der Waals surface area contributed by atoms with Gasteiger partial charge in [0, 0.05) is 6.54 Å². The second-order valence-corrected chi connectivity index (χ2v) is 4.64. The number of likely N-dealkylation sites (tertiary alicyclic amines) is 1. The van der Waals surface area contributed by atoms with Crippen molar-refractivity contribution in [2.24, 2.45) is 0 Å². The van der Waals surface area contributed by atoms with Crippen molar-refractivity contribution in [3.8, 4) is 0 Å². The Bertz CT molecular complexity index is 534. The molecule has 1 atom stereocenters. The number of rotatable bonds is 1. The van der Waals surface area contributed by atoms with Crippen molar-refractivity contribution in [3.05, 3.63) is 12.5 Å². The largest absolute Gasteiger partial charge is 0.383 e. The topological polar surface area (TPSA) is 72.9 Å². The lowest BCUT2D eigenvalue weighted by Gasteiger charge is -2.29. The van der Waals surface area contributed by atoms with Crippen LogP contribution in [0.3, 0.4) is 0 Å². The van der Waals surface area contributed by atoms with Crippen molar-refractivity contribution < 1.29 is 0 Å². The molecule has 1 fully saturated rings. The summed E-state index contributed by atoms with van der Waals surface area (Å²) in [5.74, 6) is 0.505. The Hall–Kier alpha value is -1.69. The highest BCUT2D eigenvalue weighted by Crippen LogP contribution is 2.24. The van der Waals surface area contributed by atoms with E-state index in [1.54, 1.807) is 6.20 Å². The molecule has 1 unspecified atom stereocenters. The van der Waals surface area contributed by atoms with E-state index in [2.05, 4.69) is 27.0 Å². The first kappa shape index (κ1) is 10.5. The molecule has 0 bridgehead atoms. The van der Waals surface area contributed by atoms with Gasteiger partial charge in [-0.1, -0.05) is 0 Å². The minimum absolute atomic E-state index is 0.389. The summed E-state index contributed by atoms with van der Waals surface area (Å²) < 4.78 is 1.99. The predicted octanol–water partition coefficient (Wildman–Crippen LogP) is 0.675. The fourth-order valence-electron chi connectivity index (χ4n) is 2.49. The predicted molar refractivity (Wildman–Crippen MR) is 65.5 cm³/mol. The molecular weight excluding hydrogens is 216 g/mol. The quantitative estimate of drug-likeness (QED) is 0.782. The number of anilines is 1. The number of hydrogen-bond acceptors (Lipinski definition) is 5. The molecule has 0 radical (unpaired) electrons. The van der Waals surface area contributed by atoms with E-state index in [4.69, 9.17) is 5.73 Å². The molecule has 0 saturated carbocycles. The highest BCUT2D eigenvalue weighted by atomic mass is 15.3. The number of hydrogen-bond donors (Lipinski definition) is 1. The molecule has 6 nitrogen and oxygen atoms in total. The highest BCUT2D eigenvalue weighted by molar-refractivity contribution is 5.84. The number of fused-ring (bicyclic) bond motifs is 1. The summed E-state index contributed by atoms with van der Waals surface area (Å²) in [6.45, 7) is 2.17. The summed E-state index contributed by atoms with van der Waals surface area (Å²) in [7, 11) is 2.14. The van der Waals surface area contributed by atoms with Gasteiger partial charge in [0.2, 0.25) is 0 Å². The van der Waals surface area contributed by atoms with Gasteiger partial charge in [-0.05, 0) is 26.4 Å². The van der Waals surface area contributed by atoms with Crippen molar-refractivity contribution >= 4 is 16.9 Å². The number of likely N-dealkylation sites (N-methyl/N-ethyl adjacent to an activating group) is 1. The van der Waals surface area contributed by atoms with Gasteiger partial charge >= 0.3 is 0 Å². The van der Waals surface area contributed by atoms with Crippen molar-refractivity contribution in [1.82, 2.24) is 24.6 Å². The van der Waals surface area contributed by atoms with Gasteiger partial charge in [0.15, 0.2) is 5.65 Å². The zero-order valence-electron chi connectivity index (χ0n) is 9.87. The smallest absolute Gasteiger partial charge is 0.163 e. The molecule has 2 N–H and O–H groups in total. The minimum Gasteiger partial charge on any atom is -0.383 e. The number of nitrogens with two attached hydrogens (primary N) is 1. The summed E-state index contributed by atoms with van der Waals surface area (Å²) >= 11 is 0. The van der Waals surface area contributed by atoms with Gasteiger partial charge in [-0.25, -0.2) is 14.6 Å². The van der Waals surface area contributed by atoms with Crippen LogP contribution in [0.1, 0.15) is 18.9 Å². The average molecular weight is 232 g/mol. The van der Waals surface area contributed by atoms with Crippen molar-refractivity contribution in [2.45, 2.75) is 18.9 Å². The Morgan fingerprint density at radius 2 is 2.29 bits per heavy atom. The van der Waals surface area contributed by atoms with Gasteiger partial charge in [-0.3, -0.25) is 0 Å². The summed E-state index contributed by atoms with van der Waals surface area (Å²) in [5, 5.41) is 5.27. The normalized spacial score (nSPS) is 22.1. The molecule has 0 aliphatic carbocycles. The molecule has 0 spiro atoms. The molecule has 3 heterocycles. The molecular formula is C11H16N6. The standard InChI is InChI=1S/C11H16N6/c1-16-4-2-3-8(6-16)17-11-9(5-15-17)10(12)13-7-14-11/h5,7-8H,2-4,6H2,1H3,(H2,12,13,14). The summed E-state index contributed by atoms with van der Waals surface area (Å²) in [5.41, 5.74) is 6.66. The Balaban J connectivity index is 2.02. The van der Waals surface area contributed by atoms with Crippen LogP contribution in [0.2, 0.25) is 0 Å². The van der Waals surface area contributed by atoms with E-state index < -0.39 is 0 Å². The Morgan fingerprint density at radius 1 is 1.41 bits per heavy atom. The van der Waals surface area contributed by atoms with Crippen LogP contribution in [0.15, 0.2) is 12.5 Å². The maximum absolute atomic E-state index is 5.81. The number of nitrogens with zero attached hydrogens (tertiary/aromatic N) is 5. The number of piperidine rings is 1. The van der Waals surface area contributed by atoms with E-state index in [1.165, 1.54) is 12.7 Å². The molecule has 1 saturated heterocycles. The Kier molecular flexibility index (Phi) is 2.44. The zero-order chi connectivity index (χ0) is 11.8. The Morgan fingerprint density at radius 3 is 3.12 bits per heavy atom. The SMILES string of the molecule is CN1CCCC(n2ncc3c(N)ncnc32)C1. The van der Waals surface area contributed by atoms with E-state index in [1.807, 2.05) is 4.68 Å². The Labute approximate surface area is 99.4 Å². The van der Waals surface area contributed by atoms with Crippen molar-refractivity contribution in [1.29, 1.82) is 0 Å². The van der Waals surface area contributed by atoms with Crippen LogP contribution in [0.25, 0.3) is 11.0 Å². The molecule has 2 aromatic rings.